The molecule has 0 spiro atoms. The van der Waals surface area contributed by atoms with Crippen LogP contribution in [0.15, 0.2) is 72.9 Å². The fourth-order valence-corrected chi connectivity index (χ4v) is 3.47. The van der Waals surface area contributed by atoms with E-state index in [1.165, 1.54) is 5.56 Å². The van der Waals surface area contributed by atoms with Gasteiger partial charge < -0.3 is 15.4 Å². The van der Waals surface area contributed by atoms with E-state index in [4.69, 9.17) is 4.74 Å². The van der Waals surface area contributed by atoms with E-state index < -0.39 is 0 Å². The van der Waals surface area contributed by atoms with Gasteiger partial charge in [0.1, 0.15) is 17.7 Å². The number of benzene rings is 2. The van der Waals surface area contributed by atoms with E-state index in [0.717, 1.165) is 29.6 Å². The molecule has 1 amide bonds. The van der Waals surface area contributed by atoms with Gasteiger partial charge in [0.15, 0.2) is 5.65 Å². The lowest BCUT2D eigenvalue weighted by Gasteiger charge is -2.29. The summed E-state index contributed by atoms with van der Waals surface area (Å²) in [5.41, 5.74) is 4.33. The molecule has 2 aromatic heterocycles. The third kappa shape index (κ3) is 4.11. The van der Waals surface area contributed by atoms with Gasteiger partial charge in [0.05, 0.1) is 0 Å². The Labute approximate surface area is 180 Å². The van der Waals surface area contributed by atoms with Crippen molar-refractivity contribution in [1.82, 2.24) is 15.3 Å². The summed E-state index contributed by atoms with van der Waals surface area (Å²) in [6.45, 7) is 3.67. The molecule has 4 aromatic rings. The summed E-state index contributed by atoms with van der Waals surface area (Å²) in [7, 11) is 0. The fraction of sp³-hybridized carbons (Fsp3) is 0.160. The van der Waals surface area contributed by atoms with Gasteiger partial charge in [-0.05, 0) is 55.0 Å². The second-order valence-electron chi connectivity index (χ2n) is 7.68. The summed E-state index contributed by atoms with van der Waals surface area (Å²) >= 11 is 0. The van der Waals surface area contributed by atoms with E-state index >= 15 is 0 Å². The highest BCUT2D eigenvalue weighted by atomic mass is 16.5. The number of hydrogen-bond acceptors (Lipinski definition) is 5. The molecule has 6 nitrogen and oxygen atoms in total. The lowest BCUT2D eigenvalue weighted by Crippen LogP contribution is -2.50. The fourth-order valence-electron chi connectivity index (χ4n) is 3.47. The number of fused-ring (bicyclic) bond motifs is 1. The summed E-state index contributed by atoms with van der Waals surface area (Å²) in [4.78, 5) is 21.6. The molecule has 1 saturated heterocycles. The molecule has 0 bridgehead atoms. The van der Waals surface area contributed by atoms with E-state index in [9.17, 15) is 4.79 Å². The van der Waals surface area contributed by atoms with Crippen LogP contribution < -0.4 is 15.4 Å². The maximum atomic E-state index is 12.9. The molecule has 6 heteroatoms. The highest BCUT2D eigenvalue weighted by molar-refractivity contribution is 6.04. The SMILES string of the molecule is Cc1ccc(-c2ccc(C(=O)Nc3ccc4cccnc4n3)cc2OC2CNC2)cc1. The van der Waals surface area contributed by atoms with Crippen molar-refractivity contribution in [2.75, 3.05) is 18.4 Å². The third-order valence-electron chi connectivity index (χ3n) is 5.35. The Hall–Kier alpha value is -3.77. The maximum absolute atomic E-state index is 12.9. The first-order valence-corrected chi connectivity index (χ1v) is 10.3. The number of aromatic nitrogens is 2. The van der Waals surface area contributed by atoms with Gasteiger partial charge >= 0.3 is 0 Å². The lowest BCUT2D eigenvalue weighted by atomic mass is 10.0. The van der Waals surface area contributed by atoms with E-state index in [1.807, 2.05) is 36.4 Å². The Morgan fingerprint density at radius 1 is 1.06 bits per heavy atom. The Morgan fingerprint density at radius 2 is 1.90 bits per heavy atom. The standard InChI is InChI=1S/C25H22N4O2/c1-16-4-6-17(7-5-16)21-10-8-19(13-22(21)31-20-14-26-15-20)25(30)29-23-11-9-18-3-2-12-27-24(18)28-23/h2-13,20,26H,14-15H2,1H3,(H,27,28,29,30). The van der Waals surface area contributed by atoms with E-state index in [2.05, 4.69) is 51.8 Å². The minimum absolute atomic E-state index is 0.107. The highest BCUT2D eigenvalue weighted by Gasteiger charge is 2.21. The molecule has 0 saturated carbocycles. The number of hydrogen-bond donors (Lipinski definition) is 2. The van der Waals surface area contributed by atoms with Crippen molar-refractivity contribution in [3.05, 3.63) is 84.1 Å². The van der Waals surface area contributed by atoms with Crippen molar-refractivity contribution in [2.24, 2.45) is 0 Å². The summed E-state index contributed by atoms with van der Waals surface area (Å²) in [5.74, 6) is 0.926. The number of carbonyl (C=O) groups excluding carboxylic acids is 1. The second kappa shape index (κ2) is 8.16. The van der Waals surface area contributed by atoms with Crippen LogP contribution in [0.1, 0.15) is 15.9 Å². The molecular formula is C25H22N4O2. The molecule has 3 heterocycles. The van der Waals surface area contributed by atoms with Gasteiger partial charge in [-0.15, -0.1) is 0 Å². The summed E-state index contributed by atoms with van der Waals surface area (Å²) in [6, 6.07) is 21.3. The van der Waals surface area contributed by atoms with Crippen LogP contribution in [0.3, 0.4) is 0 Å². The number of aryl methyl sites for hydroxylation is 1. The molecule has 1 aliphatic heterocycles. The molecule has 1 aliphatic rings. The van der Waals surface area contributed by atoms with Gasteiger partial charge in [-0.1, -0.05) is 29.8 Å². The Kier molecular flexibility index (Phi) is 5.06. The number of carbonyl (C=O) groups is 1. The van der Waals surface area contributed by atoms with Crippen molar-refractivity contribution in [1.29, 1.82) is 0 Å². The zero-order valence-corrected chi connectivity index (χ0v) is 17.1. The zero-order chi connectivity index (χ0) is 21.2. The maximum Gasteiger partial charge on any atom is 0.256 e. The predicted molar refractivity (Wildman–Crippen MR) is 121 cm³/mol. The number of nitrogens with zero attached hydrogens (tertiary/aromatic N) is 2. The number of nitrogens with one attached hydrogen (secondary N) is 2. The summed E-state index contributed by atoms with van der Waals surface area (Å²) in [5, 5.41) is 7.01. The van der Waals surface area contributed by atoms with Crippen molar-refractivity contribution in [3.8, 4) is 16.9 Å². The first-order chi connectivity index (χ1) is 15.2. The monoisotopic (exact) mass is 410 g/mol. The minimum Gasteiger partial charge on any atom is -0.487 e. The van der Waals surface area contributed by atoms with Crippen molar-refractivity contribution >= 4 is 22.8 Å². The van der Waals surface area contributed by atoms with Crippen LogP contribution in [0.4, 0.5) is 5.82 Å². The van der Waals surface area contributed by atoms with Gasteiger partial charge in [0.25, 0.3) is 5.91 Å². The molecule has 5 rings (SSSR count). The Bertz CT molecular complexity index is 1250. The number of ether oxygens (including phenoxy) is 1. The molecule has 0 unspecified atom stereocenters. The van der Waals surface area contributed by atoms with Crippen LogP contribution in [0.25, 0.3) is 22.2 Å². The van der Waals surface area contributed by atoms with E-state index in [-0.39, 0.29) is 12.0 Å². The largest absolute Gasteiger partial charge is 0.487 e. The first-order valence-electron chi connectivity index (χ1n) is 10.3. The molecule has 2 aromatic carbocycles. The van der Waals surface area contributed by atoms with Gasteiger partial charge in [-0.3, -0.25) is 4.79 Å². The lowest BCUT2D eigenvalue weighted by molar-refractivity contribution is 0.102. The van der Waals surface area contributed by atoms with Crippen LogP contribution in [0, 0.1) is 6.92 Å². The molecular weight excluding hydrogens is 388 g/mol. The number of amides is 1. The van der Waals surface area contributed by atoms with Crippen molar-refractivity contribution in [2.45, 2.75) is 13.0 Å². The molecule has 0 atom stereocenters. The number of anilines is 1. The second-order valence-corrected chi connectivity index (χ2v) is 7.68. The molecule has 0 radical (unpaired) electrons. The topological polar surface area (TPSA) is 76.1 Å². The average Bonchev–Trinajstić information content (AvgIpc) is 2.77. The van der Waals surface area contributed by atoms with Gasteiger partial charge in [-0.25, -0.2) is 9.97 Å². The minimum atomic E-state index is -0.241. The van der Waals surface area contributed by atoms with Crippen LogP contribution in [0.2, 0.25) is 0 Å². The number of rotatable bonds is 5. The van der Waals surface area contributed by atoms with Crippen molar-refractivity contribution < 1.29 is 9.53 Å². The first kappa shape index (κ1) is 19.2. The van der Waals surface area contributed by atoms with Crippen LogP contribution in [0.5, 0.6) is 5.75 Å². The van der Waals surface area contributed by atoms with Crippen LogP contribution in [-0.4, -0.2) is 35.1 Å². The van der Waals surface area contributed by atoms with Crippen molar-refractivity contribution in [3.63, 3.8) is 0 Å². The van der Waals surface area contributed by atoms with E-state index in [0.29, 0.717) is 22.8 Å². The quantitative estimate of drug-likeness (QED) is 0.516. The van der Waals surface area contributed by atoms with Gasteiger partial charge in [0.2, 0.25) is 0 Å². The average molecular weight is 410 g/mol. The predicted octanol–water partition coefficient (Wildman–Crippen LogP) is 4.21. The molecule has 0 aliphatic carbocycles. The van der Waals surface area contributed by atoms with Crippen LogP contribution in [-0.2, 0) is 0 Å². The molecule has 154 valence electrons. The Morgan fingerprint density at radius 3 is 2.68 bits per heavy atom. The zero-order valence-electron chi connectivity index (χ0n) is 17.1. The summed E-state index contributed by atoms with van der Waals surface area (Å²) < 4.78 is 6.20. The van der Waals surface area contributed by atoms with Gasteiger partial charge in [0, 0.05) is 35.8 Å². The van der Waals surface area contributed by atoms with E-state index in [1.54, 1.807) is 12.3 Å². The van der Waals surface area contributed by atoms with Crippen LogP contribution >= 0.6 is 0 Å². The molecule has 31 heavy (non-hydrogen) atoms. The molecule has 2 N–H and O–H groups in total. The van der Waals surface area contributed by atoms with Gasteiger partial charge in [-0.2, -0.15) is 0 Å². The number of pyridine rings is 2. The Balaban J connectivity index is 1.44. The highest BCUT2D eigenvalue weighted by Crippen LogP contribution is 2.32. The smallest absolute Gasteiger partial charge is 0.256 e. The summed E-state index contributed by atoms with van der Waals surface area (Å²) in [6.07, 6.45) is 1.79. The molecule has 1 fully saturated rings. The normalized spacial score (nSPS) is 13.6. The third-order valence-corrected chi connectivity index (χ3v) is 5.35.